The second-order valence-corrected chi connectivity index (χ2v) is 6.72. The standard InChI is InChI=1S/C20H25N3O4/c1-14-6-4-5-11-22(14)19(25)13-23-18(24)12-17(27-3)20(21-23)15-7-9-16(26-2)10-8-15/h7-10,12,14H,4-6,11,13H2,1-3H3/t14-/m1/s1. The molecule has 27 heavy (non-hydrogen) atoms. The number of nitrogens with zero attached hydrogens (tertiary/aromatic N) is 3. The van der Waals surface area contributed by atoms with Gasteiger partial charge in [0.15, 0.2) is 5.75 Å². The van der Waals surface area contributed by atoms with Crippen LogP contribution in [0, 0.1) is 0 Å². The Morgan fingerprint density at radius 2 is 1.93 bits per heavy atom. The zero-order chi connectivity index (χ0) is 19.4. The van der Waals surface area contributed by atoms with Crippen LogP contribution in [-0.4, -0.2) is 47.4 Å². The number of carbonyl (C=O) groups excluding carboxylic acids is 1. The molecule has 1 atom stereocenters. The van der Waals surface area contributed by atoms with E-state index in [1.54, 1.807) is 7.11 Å². The second-order valence-electron chi connectivity index (χ2n) is 6.72. The van der Waals surface area contributed by atoms with Crippen molar-refractivity contribution in [2.24, 2.45) is 0 Å². The summed E-state index contributed by atoms with van der Waals surface area (Å²) in [5, 5.41) is 4.42. The molecule has 0 saturated carbocycles. The van der Waals surface area contributed by atoms with Crippen molar-refractivity contribution in [1.29, 1.82) is 0 Å². The van der Waals surface area contributed by atoms with Crippen LogP contribution in [0.1, 0.15) is 26.2 Å². The summed E-state index contributed by atoms with van der Waals surface area (Å²) in [5.74, 6) is 1.02. The van der Waals surface area contributed by atoms with E-state index in [0.29, 0.717) is 11.4 Å². The van der Waals surface area contributed by atoms with Crippen LogP contribution >= 0.6 is 0 Å². The van der Waals surface area contributed by atoms with Gasteiger partial charge >= 0.3 is 0 Å². The van der Waals surface area contributed by atoms with E-state index in [9.17, 15) is 9.59 Å². The molecular formula is C20H25N3O4. The van der Waals surface area contributed by atoms with Crippen LogP contribution in [-0.2, 0) is 11.3 Å². The summed E-state index contributed by atoms with van der Waals surface area (Å²) in [7, 11) is 3.09. The largest absolute Gasteiger partial charge is 0.497 e. The lowest BCUT2D eigenvalue weighted by atomic mass is 10.0. The smallest absolute Gasteiger partial charge is 0.270 e. The minimum atomic E-state index is -0.359. The lowest BCUT2D eigenvalue weighted by Crippen LogP contribution is -2.45. The molecule has 0 N–H and O–H groups in total. The number of aromatic nitrogens is 2. The van der Waals surface area contributed by atoms with Crippen molar-refractivity contribution in [2.75, 3.05) is 20.8 Å². The molecular weight excluding hydrogens is 346 g/mol. The van der Waals surface area contributed by atoms with E-state index in [1.165, 1.54) is 17.9 Å². The number of rotatable bonds is 5. The van der Waals surface area contributed by atoms with Gasteiger partial charge in [0.05, 0.1) is 14.2 Å². The Morgan fingerprint density at radius 3 is 2.56 bits per heavy atom. The Morgan fingerprint density at radius 1 is 1.19 bits per heavy atom. The number of hydrogen-bond donors (Lipinski definition) is 0. The van der Waals surface area contributed by atoms with Crippen LogP contribution in [0.15, 0.2) is 35.1 Å². The number of methoxy groups -OCH3 is 2. The number of amides is 1. The predicted molar refractivity (Wildman–Crippen MR) is 102 cm³/mol. The fourth-order valence-corrected chi connectivity index (χ4v) is 3.38. The van der Waals surface area contributed by atoms with E-state index < -0.39 is 0 Å². The summed E-state index contributed by atoms with van der Waals surface area (Å²) in [5.41, 5.74) is 0.932. The second kappa shape index (κ2) is 8.24. The Hall–Kier alpha value is -2.83. The molecule has 1 amide bonds. The molecule has 2 heterocycles. The molecule has 0 radical (unpaired) electrons. The van der Waals surface area contributed by atoms with Gasteiger partial charge in [-0.25, -0.2) is 4.68 Å². The number of ether oxygens (including phenoxy) is 2. The lowest BCUT2D eigenvalue weighted by Gasteiger charge is -2.33. The third-order valence-corrected chi connectivity index (χ3v) is 4.95. The van der Waals surface area contributed by atoms with Gasteiger partial charge in [-0.15, -0.1) is 0 Å². The summed E-state index contributed by atoms with van der Waals surface area (Å²) < 4.78 is 11.7. The topological polar surface area (TPSA) is 73.7 Å². The highest BCUT2D eigenvalue weighted by molar-refractivity contribution is 5.76. The average Bonchev–Trinajstić information content (AvgIpc) is 2.69. The van der Waals surface area contributed by atoms with Crippen molar-refractivity contribution in [3.05, 3.63) is 40.7 Å². The summed E-state index contributed by atoms with van der Waals surface area (Å²) in [6, 6.07) is 8.87. The minimum absolute atomic E-state index is 0.0731. The average molecular weight is 371 g/mol. The first-order valence-electron chi connectivity index (χ1n) is 9.13. The maximum absolute atomic E-state index is 12.7. The van der Waals surface area contributed by atoms with Crippen LogP contribution in [0.4, 0.5) is 0 Å². The molecule has 3 rings (SSSR count). The maximum Gasteiger partial charge on any atom is 0.270 e. The normalized spacial score (nSPS) is 16.9. The van der Waals surface area contributed by atoms with Gasteiger partial charge < -0.3 is 14.4 Å². The molecule has 1 aromatic heterocycles. The van der Waals surface area contributed by atoms with Gasteiger partial charge in [0.2, 0.25) is 5.91 Å². The molecule has 7 nitrogen and oxygen atoms in total. The van der Waals surface area contributed by atoms with Crippen LogP contribution in [0.25, 0.3) is 11.3 Å². The lowest BCUT2D eigenvalue weighted by molar-refractivity contribution is -0.135. The Labute approximate surface area is 158 Å². The van der Waals surface area contributed by atoms with E-state index in [0.717, 1.165) is 37.1 Å². The number of hydrogen-bond acceptors (Lipinski definition) is 5. The minimum Gasteiger partial charge on any atom is -0.497 e. The van der Waals surface area contributed by atoms with Crippen molar-refractivity contribution in [1.82, 2.24) is 14.7 Å². The Balaban J connectivity index is 1.91. The summed E-state index contributed by atoms with van der Waals surface area (Å²) >= 11 is 0. The summed E-state index contributed by atoms with van der Waals surface area (Å²) in [4.78, 5) is 26.9. The first-order valence-corrected chi connectivity index (χ1v) is 9.13. The molecule has 0 bridgehead atoms. The molecule has 0 spiro atoms. The van der Waals surface area contributed by atoms with Gasteiger partial charge in [0, 0.05) is 24.2 Å². The van der Waals surface area contributed by atoms with Crippen molar-refractivity contribution in [3.63, 3.8) is 0 Å². The molecule has 1 saturated heterocycles. The van der Waals surface area contributed by atoms with E-state index in [2.05, 4.69) is 5.10 Å². The SMILES string of the molecule is COc1ccc(-c2nn(CC(=O)N3CCCC[C@H]3C)c(=O)cc2OC)cc1. The number of carbonyl (C=O) groups is 1. The maximum atomic E-state index is 12.7. The third-order valence-electron chi connectivity index (χ3n) is 4.95. The number of piperidine rings is 1. The highest BCUT2D eigenvalue weighted by atomic mass is 16.5. The van der Waals surface area contributed by atoms with Crippen LogP contribution < -0.4 is 15.0 Å². The molecule has 1 aliphatic rings. The van der Waals surface area contributed by atoms with Gasteiger partial charge in [-0.05, 0) is 50.5 Å². The van der Waals surface area contributed by atoms with E-state index in [1.807, 2.05) is 36.1 Å². The van der Waals surface area contributed by atoms with Crippen molar-refractivity contribution in [3.8, 4) is 22.8 Å². The zero-order valence-electron chi connectivity index (χ0n) is 16.0. The first kappa shape index (κ1) is 18.9. The van der Waals surface area contributed by atoms with Gasteiger partial charge in [-0.3, -0.25) is 9.59 Å². The fraction of sp³-hybridized carbons (Fsp3) is 0.450. The summed E-state index contributed by atoms with van der Waals surface area (Å²) in [6.45, 7) is 2.70. The molecule has 1 aliphatic heterocycles. The predicted octanol–water partition coefficient (Wildman–Crippen LogP) is 2.33. The highest BCUT2D eigenvalue weighted by Gasteiger charge is 2.24. The molecule has 144 valence electrons. The molecule has 2 aromatic rings. The van der Waals surface area contributed by atoms with Crippen LogP contribution in [0.2, 0.25) is 0 Å². The Kier molecular flexibility index (Phi) is 5.78. The quantitative estimate of drug-likeness (QED) is 0.806. The van der Waals surface area contributed by atoms with E-state index in [4.69, 9.17) is 9.47 Å². The molecule has 7 heteroatoms. The first-order chi connectivity index (χ1) is 13.0. The molecule has 0 unspecified atom stereocenters. The third kappa shape index (κ3) is 4.13. The monoisotopic (exact) mass is 371 g/mol. The van der Waals surface area contributed by atoms with E-state index in [-0.39, 0.29) is 24.1 Å². The molecule has 1 fully saturated rings. The fourth-order valence-electron chi connectivity index (χ4n) is 3.38. The van der Waals surface area contributed by atoms with E-state index >= 15 is 0 Å². The van der Waals surface area contributed by atoms with Crippen molar-refractivity contribution in [2.45, 2.75) is 38.8 Å². The highest BCUT2D eigenvalue weighted by Crippen LogP contribution is 2.27. The van der Waals surface area contributed by atoms with Gasteiger partial charge in [-0.2, -0.15) is 5.10 Å². The number of likely N-dealkylation sites (tertiary alicyclic amines) is 1. The van der Waals surface area contributed by atoms with Crippen molar-refractivity contribution < 1.29 is 14.3 Å². The van der Waals surface area contributed by atoms with Gasteiger partial charge in [0.1, 0.15) is 18.0 Å². The summed E-state index contributed by atoms with van der Waals surface area (Å²) in [6.07, 6.45) is 3.12. The van der Waals surface area contributed by atoms with Gasteiger partial charge in [0.25, 0.3) is 5.56 Å². The molecule has 1 aromatic carbocycles. The van der Waals surface area contributed by atoms with Crippen LogP contribution in [0.3, 0.4) is 0 Å². The molecule has 0 aliphatic carbocycles. The zero-order valence-corrected chi connectivity index (χ0v) is 16.0. The van der Waals surface area contributed by atoms with Crippen LogP contribution in [0.5, 0.6) is 11.5 Å². The van der Waals surface area contributed by atoms with Crippen molar-refractivity contribution >= 4 is 5.91 Å². The number of benzene rings is 1. The van der Waals surface area contributed by atoms with Gasteiger partial charge in [-0.1, -0.05) is 0 Å². The Bertz CT molecular complexity index is 861.